The predicted octanol–water partition coefficient (Wildman–Crippen LogP) is 3.12. The molecule has 2 atom stereocenters. The molecule has 3 heteroatoms. The van der Waals surface area contributed by atoms with Gasteiger partial charge in [-0.05, 0) is 36.2 Å². The average molecular weight is 270 g/mol. The fourth-order valence-corrected chi connectivity index (χ4v) is 2.38. The second kappa shape index (κ2) is 5.55. The molecule has 1 heterocycles. The van der Waals surface area contributed by atoms with Gasteiger partial charge in [-0.1, -0.05) is 30.3 Å². The molecule has 0 saturated carbocycles. The maximum Gasteiger partial charge on any atom is 0.137 e. The third-order valence-corrected chi connectivity index (χ3v) is 3.51. The molecule has 0 radical (unpaired) electrons. The lowest BCUT2D eigenvalue weighted by molar-refractivity contribution is 0.148. The number of hydrogen-bond donors (Lipinski definition) is 1. The van der Waals surface area contributed by atoms with Gasteiger partial charge in [0.2, 0.25) is 0 Å². The zero-order chi connectivity index (χ0) is 13.9. The van der Waals surface area contributed by atoms with Crippen molar-refractivity contribution in [2.75, 3.05) is 6.61 Å². The molecule has 2 aromatic rings. The summed E-state index contributed by atoms with van der Waals surface area (Å²) in [7, 11) is 0. The molecule has 0 bridgehead atoms. The minimum absolute atomic E-state index is 0.0730. The van der Waals surface area contributed by atoms with Crippen LogP contribution in [0.5, 0.6) is 11.5 Å². The SMILES string of the molecule is C[C@@H](O)c1ccc(OCC2Cc3ccccc3O2)cc1. The smallest absolute Gasteiger partial charge is 0.137 e. The van der Waals surface area contributed by atoms with Gasteiger partial charge >= 0.3 is 0 Å². The Labute approximate surface area is 118 Å². The van der Waals surface area contributed by atoms with Gasteiger partial charge in [-0.15, -0.1) is 0 Å². The van der Waals surface area contributed by atoms with Crippen molar-refractivity contribution in [3.63, 3.8) is 0 Å². The predicted molar refractivity (Wildman–Crippen MR) is 77.1 cm³/mol. The van der Waals surface area contributed by atoms with Crippen LogP contribution >= 0.6 is 0 Å². The van der Waals surface area contributed by atoms with Crippen LogP contribution in [0, 0.1) is 0 Å². The van der Waals surface area contributed by atoms with Gasteiger partial charge in [0.05, 0.1) is 6.10 Å². The Kier molecular flexibility index (Phi) is 3.61. The number of benzene rings is 2. The summed E-state index contributed by atoms with van der Waals surface area (Å²) in [5.41, 5.74) is 2.13. The topological polar surface area (TPSA) is 38.7 Å². The van der Waals surface area contributed by atoms with E-state index >= 15 is 0 Å². The summed E-state index contributed by atoms with van der Waals surface area (Å²) < 4.78 is 11.6. The van der Waals surface area contributed by atoms with Crippen molar-refractivity contribution in [3.8, 4) is 11.5 Å². The van der Waals surface area contributed by atoms with Crippen molar-refractivity contribution in [1.82, 2.24) is 0 Å². The van der Waals surface area contributed by atoms with Gasteiger partial charge in [0.1, 0.15) is 24.2 Å². The number of aliphatic hydroxyl groups excluding tert-OH is 1. The molecule has 0 amide bonds. The minimum atomic E-state index is -0.447. The highest BCUT2D eigenvalue weighted by Crippen LogP contribution is 2.28. The molecular formula is C17H18O3. The summed E-state index contributed by atoms with van der Waals surface area (Å²) >= 11 is 0. The monoisotopic (exact) mass is 270 g/mol. The molecule has 1 N–H and O–H groups in total. The Hall–Kier alpha value is -2.00. The Morgan fingerprint density at radius 2 is 1.95 bits per heavy atom. The van der Waals surface area contributed by atoms with E-state index in [2.05, 4.69) is 6.07 Å². The fraction of sp³-hybridized carbons (Fsp3) is 0.294. The van der Waals surface area contributed by atoms with Crippen LogP contribution in [-0.4, -0.2) is 17.8 Å². The fourth-order valence-electron chi connectivity index (χ4n) is 2.38. The molecule has 1 unspecified atom stereocenters. The van der Waals surface area contributed by atoms with Crippen LogP contribution in [0.3, 0.4) is 0 Å². The molecule has 0 aliphatic carbocycles. The highest BCUT2D eigenvalue weighted by atomic mass is 16.5. The van der Waals surface area contributed by atoms with E-state index in [4.69, 9.17) is 9.47 Å². The third kappa shape index (κ3) is 2.78. The summed E-state index contributed by atoms with van der Waals surface area (Å²) in [6.07, 6.45) is 0.516. The first kappa shape index (κ1) is 13.0. The highest BCUT2D eigenvalue weighted by molar-refractivity contribution is 5.37. The second-order valence-corrected chi connectivity index (χ2v) is 5.11. The largest absolute Gasteiger partial charge is 0.490 e. The lowest BCUT2D eigenvalue weighted by Crippen LogP contribution is -2.22. The first-order chi connectivity index (χ1) is 9.72. The average Bonchev–Trinajstić information content (AvgIpc) is 2.88. The summed E-state index contributed by atoms with van der Waals surface area (Å²) in [6, 6.07) is 15.6. The zero-order valence-electron chi connectivity index (χ0n) is 11.5. The van der Waals surface area contributed by atoms with E-state index in [0.29, 0.717) is 6.61 Å². The lowest BCUT2D eigenvalue weighted by Gasteiger charge is -2.13. The van der Waals surface area contributed by atoms with Crippen molar-refractivity contribution in [2.45, 2.75) is 25.6 Å². The van der Waals surface area contributed by atoms with Crippen molar-refractivity contribution < 1.29 is 14.6 Å². The van der Waals surface area contributed by atoms with E-state index < -0.39 is 6.10 Å². The number of rotatable bonds is 4. The zero-order valence-corrected chi connectivity index (χ0v) is 11.5. The van der Waals surface area contributed by atoms with Crippen LogP contribution in [0.1, 0.15) is 24.2 Å². The summed E-state index contributed by atoms with van der Waals surface area (Å²) in [4.78, 5) is 0. The molecule has 0 saturated heterocycles. The van der Waals surface area contributed by atoms with Crippen molar-refractivity contribution in [2.24, 2.45) is 0 Å². The molecule has 104 valence electrons. The number of para-hydroxylation sites is 1. The van der Waals surface area contributed by atoms with E-state index in [1.807, 2.05) is 42.5 Å². The Balaban J connectivity index is 1.56. The first-order valence-electron chi connectivity index (χ1n) is 6.88. The molecule has 3 nitrogen and oxygen atoms in total. The molecule has 20 heavy (non-hydrogen) atoms. The Morgan fingerprint density at radius 1 is 1.20 bits per heavy atom. The molecule has 3 rings (SSSR count). The molecular weight excluding hydrogens is 252 g/mol. The maximum absolute atomic E-state index is 9.46. The van der Waals surface area contributed by atoms with Crippen LogP contribution in [0.2, 0.25) is 0 Å². The number of fused-ring (bicyclic) bond motifs is 1. The first-order valence-corrected chi connectivity index (χ1v) is 6.88. The molecule has 1 aliphatic rings. The van der Waals surface area contributed by atoms with Crippen LogP contribution < -0.4 is 9.47 Å². The van der Waals surface area contributed by atoms with Gasteiger partial charge < -0.3 is 14.6 Å². The van der Waals surface area contributed by atoms with E-state index in [9.17, 15) is 5.11 Å². The summed E-state index contributed by atoms with van der Waals surface area (Å²) in [6.45, 7) is 2.28. The maximum atomic E-state index is 9.46. The van der Waals surface area contributed by atoms with E-state index in [1.54, 1.807) is 6.92 Å². The quantitative estimate of drug-likeness (QED) is 0.927. The van der Waals surface area contributed by atoms with Crippen LogP contribution in [0.15, 0.2) is 48.5 Å². The lowest BCUT2D eigenvalue weighted by atomic mass is 10.1. The summed E-state index contributed by atoms with van der Waals surface area (Å²) in [5.74, 6) is 1.76. The molecule has 1 aliphatic heterocycles. The van der Waals surface area contributed by atoms with Crippen LogP contribution in [0.25, 0.3) is 0 Å². The van der Waals surface area contributed by atoms with Gasteiger partial charge in [-0.25, -0.2) is 0 Å². The van der Waals surface area contributed by atoms with E-state index in [0.717, 1.165) is 23.5 Å². The van der Waals surface area contributed by atoms with Gasteiger partial charge in [0.25, 0.3) is 0 Å². The normalized spacial score (nSPS) is 18.2. The van der Waals surface area contributed by atoms with Crippen molar-refractivity contribution in [3.05, 3.63) is 59.7 Å². The van der Waals surface area contributed by atoms with Gasteiger partial charge in [0.15, 0.2) is 0 Å². The number of ether oxygens (including phenoxy) is 2. The van der Waals surface area contributed by atoms with E-state index in [-0.39, 0.29) is 6.10 Å². The molecule has 0 fully saturated rings. The summed E-state index contributed by atoms with van der Waals surface area (Å²) in [5, 5.41) is 9.46. The van der Waals surface area contributed by atoms with Crippen LogP contribution in [-0.2, 0) is 6.42 Å². The van der Waals surface area contributed by atoms with Gasteiger partial charge in [-0.2, -0.15) is 0 Å². The van der Waals surface area contributed by atoms with E-state index in [1.165, 1.54) is 5.56 Å². The number of aliphatic hydroxyl groups is 1. The third-order valence-electron chi connectivity index (χ3n) is 3.51. The van der Waals surface area contributed by atoms with Gasteiger partial charge in [0, 0.05) is 6.42 Å². The standard InChI is InChI=1S/C17H18O3/c1-12(18)13-6-8-15(9-7-13)19-11-16-10-14-4-2-3-5-17(14)20-16/h2-9,12,16,18H,10-11H2,1H3/t12-,16?/m1/s1. The molecule has 0 spiro atoms. The second-order valence-electron chi connectivity index (χ2n) is 5.11. The molecule has 2 aromatic carbocycles. The van der Waals surface area contributed by atoms with Crippen molar-refractivity contribution >= 4 is 0 Å². The minimum Gasteiger partial charge on any atom is -0.490 e. The highest BCUT2D eigenvalue weighted by Gasteiger charge is 2.22. The molecule has 0 aromatic heterocycles. The van der Waals surface area contributed by atoms with Crippen LogP contribution in [0.4, 0.5) is 0 Å². The van der Waals surface area contributed by atoms with Gasteiger partial charge in [-0.3, -0.25) is 0 Å². The van der Waals surface area contributed by atoms with Crippen molar-refractivity contribution in [1.29, 1.82) is 0 Å². The number of hydrogen-bond acceptors (Lipinski definition) is 3. The Morgan fingerprint density at radius 3 is 2.65 bits per heavy atom. The Bertz CT molecular complexity index is 550.